The van der Waals surface area contributed by atoms with E-state index in [4.69, 9.17) is 9.47 Å². The van der Waals surface area contributed by atoms with Crippen molar-refractivity contribution in [2.75, 3.05) is 13.7 Å². The van der Waals surface area contributed by atoms with Crippen LogP contribution in [0.5, 0.6) is 0 Å². The minimum Gasteiger partial charge on any atom is -0.465 e. The van der Waals surface area contributed by atoms with Crippen molar-refractivity contribution < 1.29 is 14.3 Å². The van der Waals surface area contributed by atoms with Gasteiger partial charge < -0.3 is 9.47 Å². The molecule has 1 aliphatic heterocycles. The molecule has 2 aromatic rings. The number of aromatic nitrogens is 2. The van der Waals surface area contributed by atoms with Gasteiger partial charge in [-0.25, -0.2) is 4.79 Å². The summed E-state index contributed by atoms with van der Waals surface area (Å²) in [5.41, 5.74) is 3.48. The van der Waals surface area contributed by atoms with Gasteiger partial charge in [0.25, 0.3) is 0 Å². The maximum atomic E-state index is 11.5. The summed E-state index contributed by atoms with van der Waals surface area (Å²) >= 11 is 0. The van der Waals surface area contributed by atoms with Gasteiger partial charge in [0, 0.05) is 31.6 Å². The van der Waals surface area contributed by atoms with Gasteiger partial charge in [0.05, 0.1) is 24.5 Å². The van der Waals surface area contributed by atoms with Crippen molar-refractivity contribution in [1.82, 2.24) is 9.97 Å². The van der Waals surface area contributed by atoms with Gasteiger partial charge in [-0.3, -0.25) is 9.97 Å². The Kier molecular flexibility index (Phi) is 4.44. The van der Waals surface area contributed by atoms with Crippen molar-refractivity contribution in [2.24, 2.45) is 0 Å². The first-order chi connectivity index (χ1) is 10.8. The van der Waals surface area contributed by atoms with E-state index in [0.717, 1.165) is 36.3 Å². The lowest BCUT2D eigenvalue weighted by atomic mass is 10.1. The molecule has 22 heavy (non-hydrogen) atoms. The summed E-state index contributed by atoms with van der Waals surface area (Å²) in [6.07, 6.45) is 8.07. The summed E-state index contributed by atoms with van der Waals surface area (Å²) < 4.78 is 10.3. The highest BCUT2D eigenvalue weighted by atomic mass is 16.5. The topological polar surface area (TPSA) is 61.3 Å². The molecule has 3 heterocycles. The zero-order valence-corrected chi connectivity index (χ0v) is 12.5. The summed E-state index contributed by atoms with van der Waals surface area (Å²) in [5.74, 6) is -0.374. The van der Waals surface area contributed by atoms with Crippen LogP contribution in [-0.2, 0) is 15.9 Å². The Morgan fingerprint density at radius 3 is 2.91 bits per heavy atom. The highest BCUT2D eigenvalue weighted by Crippen LogP contribution is 2.27. The summed E-state index contributed by atoms with van der Waals surface area (Å²) in [7, 11) is 1.36. The van der Waals surface area contributed by atoms with Crippen LogP contribution >= 0.6 is 0 Å². The van der Waals surface area contributed by atoms with E-state index >= 15 is 0 Å². The summed E-state index contributed by atoms with van der Waals surface area (Å²) in [6, 6.07) is 5.87. The van der Waals surface area contributed by atoms with Crippen LogP contribution in [0.3, 0.4) is 0 Å². The van der Waals surface area contributed by atoms with E-state index in [1.54, 1.807) is 12.3 Å². The van der Waals surface area contributed by atoms with Crippen LogP contribution in [0.25, 0.3) is 0 Å². The Morgan fingerprint density at radius 2 is 2.23 bits per heavy atom. The summed E-state index contributed by atoms with van der Waals surface area (Å²) in [4.78, 5) is 20.1. The van der Waals surface area contributed by atoms with E-state index in [1.165, 1.54) is 13.3 Å². The van der Waals surface area contributed by atoms with Crippen LogP contribution in [0.2, 0.25) is 0 Å². The van der Waals surface area contributed by atoms with Crippen LogP contribution in [-0.4, -0.2) is 29.7 Å². The van der Waals surface area contributed by atoms with Gasteiger partial charge in [-0.1, -0.05) is 6.07 Å². The lowest BCUT2D eigenvalue weighted by Gasteiger charge is -2.09. The average Bonchev–Trinajstić information content (AvgIpc) is 3.09. The first-order valence-corrected chi connectivity index (χ1v) is 7.35. The molecule has 5 nitrogen and oxygen atoms in total. The van der Waals surface area contributed by atoms with Gasteiger partial charge in [-0.15, -0.1) is 0 Å². The van der Waals surface area contributed by atoms with Gasteiger partial charge in [0.1, 0.15) is 0 Å². The maximum absolute atomic E-state index is 11.5. The third-order valence-corrected chi connectivity index (χ3v) is 3.73. The largest absolute Gasteiger partial charge is 0.465 e. The van der Waals surface area contributed by atoms with Crippen LogP contribution < -0.4 is 0 Å². The number of esters is 1. The number of hydrogen-bond acceptors (Lipinski definition) is 5. The fourth-order valence-corrected chi connectivity index (χ4v) is 2.59. The van der Waals surface area contributed by atoms with E-state index in [0.29, 0.717) is 12.0 Å². The average molecular weight is 298 g/mol. The second-order valence-electron chi connectivity index (χ2n) is 5.34. The summed E-state index contributed by atoms with van der Waals surface area (Å²) in [6.45, 7) is 0.820. The van der Waals surface area contributed by atoms with Gasteiger partial charge in [0.15, 0.2) is 0 Å². The molecule has 0 amide bonds. The number of nitrogens with zero attached hydrogens (tertiary/aromatic N) is 2. The Morgan fingerprint density at radius 1 is 1.32 bits per heavy atom. The standard InChI is InChI=1S/C17H18N2O3/c1-21-17(20)14-8-13(9-18-11-14)7-12-4-5-15(19-10-12)16-3-2-6-22-16/h4-5,8-11,16H,2-3,6-7H2,1H3. The quantitative estimate of drug-likeness (QED) is 0.812. The molecule has 0 bridgehead atoms. The monoisotopic (exact) mass is 298 g/mol. The number of carbonyl (C=O) groups is 1. The predicted molar refractivity (Wildman–Crippen MR) is 80.5 cm³/mol. The number of carbonyl (C=O) groups excluding carboxylic acids is 1. The zero-order chi connectivity index (χ0) is 15.4. The van der Waals surface area contributed by atoms with Crippen molar-refractivity contribution in [3.63, 3.8) is 0 Å². The molecule has 0 N–H and O–H groups in total. The molecular formula is C17H18N2O3. The molecule has 3 rings (SSSR count). The maximum Gasteiger partial charge on any atom is 0.339 e. The van der Waals surface area contributed by atoms with Crippen molar-refractivity contribution in [3.05, 3.63) is 59.2 Å². The van der Waals surface area contributed by atoms with E-state index in [1.807, 2.05) is 12.3 Å². The third kappa shape index (κ3) is 3.31. The van der Waals surface area contributed by atoms with Crippen LogP contribution in [0.15, 0.2) is 36.8 Å². The lowest BCUT2D eigenvalue weighted by molar-refractivity contribution is 0.0600. The van der Waals surface area contributed by atoms with Crippen molar-refractivity contribution in [1.29, 1.82) is 0 Å². The predicted octanol–water partition coefficient (Wildman–Crippen LogP) is 2.71. The molecule has 2 aromatic heterocycles. The molecule has 1 fully saturated rings. The van der Waals surface area contributed by atoms with Gasteiger partial charge >= 0.3 is 5.97 Å². The van der Waals surface area contributed by atoms with E-state index in [9.17, 15) is 4.79 Å². The van der Waals surface area contributed by atoms with Crippen molar-refractivity contribution >= 4 is 5.97 Å². The minimum atomic E-state index is -0.374. The Hall–Kier alpha value is -2.27. The second kappa shape index (κ2) is 6.66. The highest BCUT2D eigenvalue weighted by Gasteiger charge is 2.18. The number of ether oxygens (including phenoxy) is 2. The van der Waals surface area contributed by atoms with Crippen LogP contribution in [0.4, 0.5) is 0 Å². The molecule has 1 saturated heterocycles. The Labute approximate surface area is 129 Å². The van der Waals surface area contributed by atoms with Crippen LogP contribution in [0.1, 0.15) is 46.1 Å². The molecular weight excluding hydrogens is 280 g/mol. The molecule has 5 heteroatoms. The number of hydrogen-bond donors (Lipinski definition) is 0. The number of rotatable bonds is 4. The smallest absolute Gasteiger partial charge is 0.339 e. The van der Waals surface area contributed by atoms with E-state index in [2.05, 4.69) is 16.0 Å². The molecule has 0 aliphatic carbocycles. The number of methoxy groups -OCH3 is 1. The van der Waals surface area contributed by atoms with Crippen LogP contribution in [0, 0.1) is 0 Å². The fourth-order valence-electron chi connectivity index (χ4n) is 2.59. The zero-order valence-electron chi connectivity index (χ0n) is 12.5. The van der Waals surface area contributed by atoms with E-state index < -0.39 is 0 Å². The second-order valence-corrected chi connectivity index (χ2v) is 5.34. The Balaban J connectivity index is 1.71. The van der Waals surface area contributed by atoms with Crippen molar-refractivity contribution in [2.45, 2.75) is 25.4 Å². The highest BCUT2D eigenvalue weighted by molar-refractivity contribution is 5.89. The molecule has 1 unspecified atom stereocenters. The van der Waals surface area contributed by atoms with Gasteiger partial charge in [-0.2, -0.15) is 0 Å². The lowest BCUT2D eigenvalue weighted by Crippen LogP contribution is -2.03. The molecule has 0 aromatic carbocycles. The molecule has 114 valence electrons. The van der Waals surface area contributed by atoms with E-state index in [-0.39, 0.29) is 12.1 Å². The SMILES string of the molecule is COC(=O)c1cncc(Cc2ccc(C3CCCO3)nc2)c1. The normalized spacial score (nSPS) is 17.4. The van der Waals surface area contributed by atoms with Crippen molar-refractivity contribution in [3.8, 4) is 0 Å². The first kappa shape index (κ1) is 14.7. The minimum absolute atomic E-state index is 0.137. The third-order valence-electron chi connectivity index (χ3n) is 3.73. The molecule has 1 aliphatic rings. The summed E-state index contributed by atoms with van der Waals surface area (Å²) in [5, 5.41) is 0. The molecule has 0 spiro atoms. The van der Waals surface area contributed by atoms with Gasteiger partial charge in [0.2, 0.25) is 0 Å². The molecule has 0 radical (unpaired) electrons. The number of pyridine rings is 2. The molecule has 1 atom stereocenters. The molecule has 0 saturated carbocycles. The van der Waals surface area contributed by atoms with Gasteiger partial charge in [-0.05, 0) is 36.1 Å². The Bertz CT molecular complexity index is 649. The fraction of sp³-hybridized carbons (Fsp3) is 0.353. The first-order valence-electron chi connectivity index (χ1n) is 7.35.